The van der Waals surface area contributed by atoms with E-state index < -0.39 is 35.7 Å². The van der Waals surface area contributed by atoms with E-state index in [0.717, 1.165) is 16.3 Å². The van der Waals surface area contributed by atoms with Crippen LogP contribution in [0.2, 0.25) is 0 Å². The van der Waals surface area contributed by atoms with Crippen LogP contribution in [0.1, 0.15) is 39.2 Å². The molecular formula is C26H37N5O5. The Morgan fingerprint density at radius 1 is 0.917 bits per heavy atom. The molecule has 7 N–H and O–H groups in total. The molecule has 0 saturated heterocycles. The van der Waals surface area contributed by atoms with Crippen LogP contribution in [0.4, 0.5) is 0 Å². The van der Waals surface area contributed by atoms with Gasteiger partial charge >= 0.3 is 0 Å². The summed E-state index contributed by atoms with van der Waals surface area (Å²) in [5.74, 6) is -2.71. The van der Waals surface area contributed by atoms with E-state index in [9.17, 15) is 19.2 Å². The molecule has 10 nitrogen and oxygen atoms in total. The summed E-state index contributed by atoms with van der Waals surface area (Å²) < 4.78 is 0. The molecule has 2 aromatic carbocycles. The molecule has 4 amide bonds. The zero-order valence-corrected chi connectivity index (χ0v) is 21.0. The largest absolute Gasteiger partial charge is 0.353 e. The molecule has 0 spiro atoms. The Bertz CT molecular complexity index is 1060. The van der Waals surface area contributed by atoms with Crippen LogP contribution in [-0.2, 0) is 25.6 Å². The third-order valence-corrected chi connectivity index (χ3v) is 5.77. The van der Waals surface area contributed by atoms with Gasteiger partial charge in [0.05, 0.1) is 0 Å². The lowest BCUT2D eigenvalue weighted by molar-refractivity contribution is -0.137. The lowest BCUT2D eigenvalue weighted by atomic mass is 9.92. The molecule has 36 heavy (non-hydrogen) atoms. The fraction of sp³-hybridized carbons (Fsp3) is 0.462. The second kappa shape index (κ2) is 14.2. The maximum Gasteiger partial charge on any atom is 0.244 e. The Hall–Kier alpha value is -3.50. The quantitative estimate of drug-likeness (QED) is 0.178. The van der Waals surface area contributed by atoms with Crippen LogP contribution < -0.4 is 27.2 Å². The average Bonchev–Trinajstić information content (AvgIpc) is 2.85. The van der Waals surface area contributed by atoms with Crippen LogP contribution in [0, 0.1) is 11.8 Å². The lowest BCUT2D eigenvalue weighted by Crippen LogP contribution is -2.54. The highest BCUT2D eigenvalue weighted by Crippen LogP contribution is 2.19. The number of hydroxylamine groups is 1. The van der Waals surface area contributed by atoms with Gasteiger partial charge in [-0.25, -0.2) is 5.48 Å². The van der Waals surface area contributed by atoms with Crippen molar-refractivity contribution >= 4 is 34.4 Å². The van der Waals surface area contributed by atoms with Crippen LogP contribution in [0.15, 0.2) is 42.5 Å². The molecule has 10 heteroatoms. The van der Waals surface area contributed by atoms with Crippen LogP contribution in [0.5, 0.6) is 0 Å². The molecule has 0 aliphatic carbocycles. The number of carbonyl (C=O) groups excluding carboxylic acids is 4. The Balaban J connectivity index is 2.26. The Labute approximate surface area is 211 Å². The zero-order valence-electron chi connectivity index (χ0n) is 21.0. The maximum atomic E-state index is 13.2. The highest BCUT2D eigenvalue weighted by atomic mass is 16.5. The van der Waals surface area contributed by atoms with Gasteiger partial charge in [0.15, 0.2) is 0 Å². The van der Waals surface area contributed by atoms with Crippen molar-refractivity contribution in [3.05, 3.63) is 48.0 Å². The lowest BCUT2D eigenvalue weighted by Gasteiger charge is -2.24. The number of hydrogen-bond acceptors (Lipinski definition) is 6. The first-order valence-electron chi connectivity index (χ1n) is 12.1. The molecular weight excluding hydrogens is 462 g/mol. The monoisotopic (exact) mass is 499 g/mol. The summed E-state index contributed by atoms with van der Waals surface area (Å²) in [4.78, 5) is 50.4. The van der Waals surface area contributed by atoms with E-state index in [1.54, 1.807) is 12.4 Å². The summed E-state index contributed by atoms with van der Waals surface area (Å²) in [6.07, 6.45) is 0.352. The van der Waals surface area contributed by atoms with Gasteiger partial charge in [-0.2, -0.15) is 0 Å². The van der Waals surface area contributed by atoms with Crippen molar-refractivity contribution in [2.75, 3.05) is 13.1 Å². The molecule has 2 rings (SSSR count). The number of amides is 4. The summed E-state index contributed by atoms with van der Waals surface area (Å²) in [5.41, 5.74) is 7.80. The molecule has 0 aliphatic heterocycles. The minimum atomic E-state index is -0.990. The molecule has 0 unspecified atom stereocenters. The van der Waals surface area contributed by atoms with Gasteiger partial charge in [-0.1, -0.05) is 56.3 Å². The Morgan fingerprint density at radius 2 is 1.61 bits per heavy atom. The van der Waals surface area contributed by atoms with E-state index in [4.69, 9.17) is 10.9 Å². The summed E-state index contributed by atoms with van der Waals surface area (Å²) in [5, 5.41) is 19.0. The first-order chi connectivity index (χ1) is 17.1. The number of benzene rings is 2. The number of hydrogen-bond donors (Lipinski definition) is 6. The summed E-state index contributed by atoms with van der Waals surface area (Å²) in [6, 6.07) is 11.7. The van der Waals surface area contributed by atoms with E-state index in [-0.39, 0.29) is 37.8 Å². The van der Waals surface area contributed by atoms with Gasteiger partial charge in [-0.15, -0.1) is 0 Å². The minimum Gasteiger partial charge on any atom is -0.353 e. The number of nitrogens with two attached hydrogens (primary N) is 1. The normalized spacial score (nSPS) is 13.5. The SMILES string of the molecule is CC(C)C[C@H](CC(=O)NO)C(=O)N[C@H](Cc1ccc2ccccc2c1)C(=O)N[C@@H](C)C(=O)NCCN. The van der Waals surface area contributed by atoms with Gasteiger partial charge in [0.25, 0.3) is 0 Å². The second-order valence-electron chi connectivity index (χ2n) is 9.32. The van der Waals surface area contributed by atoms with Gasteiger partial charge in [0, 0.05) is 31.8 Å². The van der Waals surface area contributed by atoms with Crippen molar-refractivity contribution in [1.82, 2.24) is 21.4 Å². The highest BCUT2D eigenvalue weighted by molar-refractivity contribution is 5.93. The van der Waals surface area contributed by atoms with E-state index >= 15 is 0 Å². The van der Waals surface area contributed by atoms with Gasteiger partial charge in [0.2, 0.25) is 23.6 Å². The van der Waals surface area contributed by atoms with Gasteiger partial charge < -0.3 is 21.7 Å². The Morgan fingerprint density at radius 3 is 2.25 bits per heavy atom. The second-order valence-corrected chi connectivity index (χ2v) is 9.32. The topological polar surface area (TPSA) is 163 Å². The summed E-state index contributed by atoms with van der Waals surface area (Å²) in [7, 11) is 0. The molecule has 0 heterocycles. The van der Waals surface area contributed by atoms with Crippen LogP contribution in [-0.4, -0.2) is 54.0 Å². The minimum absolute atomic E-state index is 0.103. The number of carbonyl (C=O) groups is 4. The van der Waals surface area contributed by atoms with Crippen molar-refractivity contribution in [1.29, 1.82) is 0 Å². The molecule has 196 valence electrons. The van der Waals surface area contributed by atoms with Gasteiger partial charge in [-0.05, 0) is 35.6 Å². The molecule has 0 aliphatic rings. The van der Waals surface area contributed by atoms with Crippen LogP contribution in [0.3, 0.4) is 0 Å². The van der Waals surface area contributed by atoms with Crippen molar-refractivity contribution in [3.63, 3.8) is 0 Å². The molecule has 3 atom stereocenters. The van der Waals surface area contributed by atoms with Crippen LogP contribution in [0.25, 0.3) is 10.8 Å². The summed E-state index contributed by atoms with van der Waals surface area (Å²) >= 11 is 0. The predicted octanol–water partition coefficient (Wildman–Crippen LogP) is 1.00. The van der Waals surface area contributed by atoms with Crippen molar-refractivity contribution in [2.45, 2.75) is 52.1 Å². The van der Waals surface area contributed by atoms with Crippen LogP contribution >= 0.6 is 0 Å². The maximum absolute atomic E-state index is 13.2. The average molecular weight is 500 g/mol. The summed E-state index contributed by atoms with van der Waals surface area (Å²) in [6.45, 7) is 5.92. The molecule has 0 radical (unpaired) electrons. The first kappa shape index (κ1) is 28.7. The number of fused-ring (bicyclic) bond motifs is 1. The van der Waals surface area contributed by atoms with Crippen molar-refractivity contribution < 1.29 is 24.4 Å². The highest BCUT2D eigenvalue weighted by Gasteiger charge is 2.29. The number of nitrogens with one attached hydrogen (secondary N) is 4. The first-order valence-corrected chi connectivity index (χ1v) is 12.1. The molecule has 2 aromatic rings. The van der Waals surface area contributed by atoms with Crippen molar-refractivity contribution in [3.8, 4) is 0 Å². The molecule has 0 aromatic heterocycles. The van der Waals surface area contributed by atoms with E-state index in [0.29, 0.717) is 6.42 Å². The third kappa shape index (κ3) is 8.94. The fourth-order valence-corrected chi connectivity index (χ4v) is 3.95. The van der Waals surface area contributed by atoms with E-state index in [2.05, 4.69) is 16.0 Å². The van der Waals surface area contributed by atoms with Crippen molar-refractivity contribution in [2.24, 2.45) is 17.6 Å². The Kier molecular flexibility index (Phi) is 11.3. The standard InChI is InChI=1S/C26H37N5O5/c1-16(2)12-21(15-23(32)31-36)25(34)30-22(26(35)29-17(3)24(33)28-11-10-27)14-18-8-9-19-6-4-5-7-20(19)13-18/h4-9,13,16-17,21-22,36H,10-12,14-15,27H2,1-3H3,(H,28,33)(H,29,35)(H,30,34)(H,31,32)/t17-,21+,22+/m0/s1. The third-order valence-electron chi connectivity index (χ3n) is 5.77. The molecule has 0 bridgehead atoms. The smallest absolute Gasteiger partial charge is 0.244 e. The molecule has 0 fully saturated rings. The van der Waals surface area contributed by atoms with E-state index in [1.165, 1.54) is 0 Å². The molecule has 0 saturated carbocycles. The van der Waals surface area contributed by atoms with Gasteiger partial charge in [-0.3, -0.25) is 24.4 Å². The zero-order chi connectivity index (χ0) is 26.7. The fourth-order valence-electron chi connectivity index (χ4n) is 3.95. The number of rotatable bonds is 13. The van der Waals surface area contributed by atoms with E-state index in [1.807, 2.05) is 56.3 Å². The predicted molar refractivity (Wildman–Crippen MR) is 137 cm³/mol. The van der Waals surface area contributed by atoms with Gasteiger partial charge in [0.1, 0.15) is 12.1 Å².